The third kappa shape index (κ3) is 5.30. The van der Waals surface area contributed by atoms with Crippen LogP contribution in [0.25, 0.3) is 0 Å². The molecule has 0 spiro atoms. The lowest BCUT2D eigenvalue weighted by atomic mass is 10.2. The predicted octanol–water partition coefficient (Wildman–Crippen LogP) is 2.27. The molecule has 2 atom stereocenters. The smallest absolute Gasteiger partial charge is 0.279 e. The second-order valence-corrected chi connectivity index (χ2v) is 7.81. The molecule has 2 heterocycles. The van der Waals surface area contributed by atoms with Crippen LogP contribution >= 0.6 is 11.3 Å². The van der Waals surface area contributed by atoms with Gasteiger partial charge in [0.2, 0.25) is 0 Å². The number of thiophene rings is 1. The topological polar surface area (TPSA) is 52.0 Å². The first-order valence-corrected chi connectivity index (χ1v) is 9.94. The van der Waals surface area contributed by atoms with Gasteiger partial charge >= 0.3 is 0 Å². The van der Waals surface area contributed by atoms with Gasteiger partial charge in [0.1, 0.15) is 24.9 Å². The Hall–Kier alpha value is -1.89. The van der Waals surface area contributed by atoms with E-state index in [1.54, 1.807) is 18.4 Å². The summed E-state index contributed by atoms with van der Waals surface area (Å²) in [6, 6.07) is 9.98. The summed E-state index contributed by atoms with van der Waals surface area (Å²) < 4.78 is 11.1. The zero-order valence-corrected chi connectivity index (χ0v) is 16.2. The molecule has 0 saturated carbocycles. The monoisotopic (exact) mass is 375 g/mol. The fourth-order valence-electron chi connectivity index (χ4n) is 3.33. The summed E-state index contributed by atoms with van der Waals surface area (Å²) >= 11 is 1.73. The minimum absolute atomic E-state index is 0.00143. The van der Waals surface area contributed by atoms with Crippen LogP contribution in [0.4, 0.5) is 5.69 Å². The molecule has 1 aliphatic rings. The molecule has 0 radical (unpaired) electrons. The third-order valence-electron chi connectivity index (χ3n) is 4.58. The molecular weight excluding hydrogens is 348 g/mol. The van der Waals surface area contributed by atoms with Crippen LogP contribution in [0.1, 0.15) is 23.3 Å². The molecular formula is C20H27N2O3S+. The quantitative estimate of drug-likeness (QED) is 0.744. The first kappa shape index (κ1) is 18.9. The first-order valence-electron chi connectivity index (χ1n) is 9.06. The van der Waals surface area contributed by atoms with Crippen molar-refractivity contribution >= 4 is 22.9 Å². The number of aryl methyl sites for hydroxylation is 1. The molecule has 1 fully saturated rings. The van der Waals surface area contributed by atoms with Crippen molar-refractivity contribution in [2.45, 2.75) is 32.4 Å². The molecule has 1 aliphatic heterocycles. The van der Waals surface area contributed by atoms with Crippen molar-refractivity contribution < 1.29 is 19.2 Å². The molecule has 2 aromatic rings. The van der Waals surface area contributed by atoms with E-state index in [9.17, 15) is 4.79 Å². The highest BCUT2D eigenvalue weighted by atomic mass is 32.1. The Morgan fingerprint density at radius 3 is 3.00 bits per heavy atom. The largest absolute Gasteiger partial charge is 0.495 e. The molecule has 5 nitrogen and oxygen atoms in total. The van der Waals surface area contributed by atoms with E-state index in [2.05, 4.69) is 22.8 Å². The van der Waals surface area contributed by atoms with Crippen LogP contribution in [0.3, 0.4) is 0 Å². The SMILES string of the molecule is COc1ccc(C)cc1NC(=O)C[NH+](Cc1cccs1)C[C@H]1CCCO1. The second kappa shape index (κ2) is 9.16. The van der Waals surface area contributed by atoms with Gasteiger partial charge in [0.05, 0.1) is 17.7 Å². The van der Waals surface area contributed by atoms with Gasteiger partial charge in [0, 0.05) is 6.61 Å². The van der Waals surface area contributed by atoms with E-state index in [1.165, 1.54) is 9.78 Å². The van der Waals surface area contributed by atoms with Crippen LogP contribution in [-0.2, 0) is 16.1 Å². The third-order valence-corrected chi connectivity index (χ3v) is 5.46. The van der Waals surface area contributed by atoms with E-state index in [-0.39, 0.29) is 12.0 Å². The van der Waals surface area contributed by atoms with Crippen molar-refractivity contribution in [3.8, 4) is 5.75 Å². The highest BCUT2D eigenvalue weighted by Gasteiger charge is 2.24. The Balaban J connectivity index is 1.65. The van der Waals surface area contributed by atoms with Crippen molar-refractivity contribution in [1.29, 1.82) is 0 Å². The van der Waals surface area contributed by atoms with Gasteiger partial charge in [-0.2, -0.15) is 0 Å². The number of methoxy groups -OCH3 is 1. The number of hydrogen-bond acceptors (Lipinski definition) is 4. The Morgan fingerprint density at radius 2 is 2.31 bits per heavy atom. The molecule has 2 N–H and O–H groups in total. The summed E-state index contributed by atoms with van der Waals surface area (Å²) in [5, 5.41) is 5.10. The molecule has 26 heavy (non-hydrogen) atoms. The van der Waals surface area contributed by atoms with Crippen molar-refractivity contribution in [2.75, 3.05) is 32.1 Å². The maximum atomic E-state index is 12.7. The van der Waals surface area contributed by atoms with Crippen LogP contribution in [0.2, 0.25) is 0 Å². The van der Waals surface area contributed by atoms with Gasteiger partial charge in [-0.05, 0) is 48.9 Å². The van der Waals surface area contributed by atoms with Crippen LogP contribution < -0.4 is 15.0 Å². The number of anilines is 1. The number of nitrogens with one attached hydrogen (secondary N) is 2. The normalized spacial score (nSPS) is 17.8. The summed E-state index contributed by atoms with van der Waals surface area (Å²) in [6.45, 7) is 4.95. The fraction of sp³-hybridized carbons (Fsp3) is 0.450. The predicted molar refractivity (Wildman–Crippen MR) is 104 cm³/mol. The zero-order chi connectivity index (χ0) is 18.4. The summed E-state index contributed by atoms with van der Waals surface area (Å²) in [6.07, 6.45) is 2.46. The van der Waals surface area contributed by atoms with Gasteiger partial charge in [-0.25, -0.2) is 0 Å². The maximum Gasteiger partial charge on any atom is 0.279 e. The van der Waals surface area contributed by atoms with Gasteiger partial charge < -0.3 is 19.7 Å². The maximum absolute atomic E-state index is 12.7. The lowest BCUT2D eigenvalue weighted by Crippen LogP contribution is -3.12. The Kier molecular flexibility index (Phi) is 6.66. The molecule has 1 unspecified atom stereocenters. The highest BCUT2D eigenvalue weighted by Crippen LogP contribution is 2.24. The average molecular weight is 376 g/mol. The lowest BCUT2D eigenvalue weighted by molar-refractivity contribution is -0.908. The van der Waals surface area contributed by atoms with Crippen molar-refractivity contribution in [2.24, 2.45) is 0 Å². The second-order valence-electron chi connectivity index (χ2n) is 6.77. The Bertz CT molecular complexity index is 712. The van der Waals surface area contributed by atoms with E-state index in [1.807, 2.05) is 25.1 Å². The number of rotatable bonds is 8. The molecule has 0 bridgehead atoms. The van der Waals surface area contributed by atoms with E-state index < -0.39 is 0 Å². The van der Waals surface area contributed by atoms with Crippen molar-refractivity contribution in [1.82, 2.24) is 0 Å². The number of quaternary nitrogens is 1. The number of amides is 1. The van der Waals surface area contributed by atoms with E-state index in [0.29, 0.717) is 12.3 Å². The van der Waals surface area contributed by atoms with Crippen LogP contribution in [0.5, 0.6) is 5.75 Å². The number of hydrogen-bond donors (Lipinski definition) is 2. The minimum Gasteiger partial charge on any atom is -0.495 e. The highest BCUT2D eigenvalue weighted by molar-refractivity contribution is 7.09. The van der Waals surface area contributed by atoms with Gasteiger partial charge in [-0.3, -0.25) is 4.79 Å². The molecule has 1 amide bonds. The first-order chi connectivity index (χ1) is 12.6. The van der Waals surface area contributed by atoms with Crippen LogP contribution in [0, 0.1) is 6.92 Å². The molecule has 1 aromatic carbocycles. The van der Waals surface area contributed by atoms with E-state index in [0.717, 1.165) is 43.8 Å². The van der Waals surface area contributed by atoms with Crippen molar-refractivity contribution in [3.63, 3.8) is 0 Å². The Morgan fingerprint density at radius 1 is 1.42 bits per heavy atom. The standard InChI is InChI=1S/C20H26N2O3S/c1-15-7-8-19(24-2)18(11-15)21-20(23)14-22(12-16-5-3-9-25-16)13-17-6-4-10-26-17/h4,6-8,10-11,16H,3,5,9,12-14H2,1-2H3,(H,21,23)/p+1/t16-/m1/s1. The van der Waals surface area contributed by atoms with E-state index >= 15 is 0 Å². The van der Waals surface area contributed by atoms with Crippen molar-refractivity contribution in [3.05, 3.63) is 46.2 Å². The average Bonchev–Trinajstić information content (AvgIpc) is 3.29. The molecule has 1 saturated heterocycles. The summed E-state index contributed by atoms with van der Waals surface area (Å²) in [5.41, 5.74) is 1.81. The zero-order valence-electron chi connectivity index (χ0n) is 15.4. The van der Waals surface area contributed by atoms with Gasteiger partial charge in [0.25, 0.3) is 5.91 Å². The summed E-state index contributed by atoms with van der Waals surface area (Å²) in [7, 11) is 1.62. The van der Waals surface area contributed by atoms with Crippen LogP contribution in [-0.4, -0.2) is 38.8 Å². The molecule has 1 aromatic heterocycles. The number of carbonyl (C=O) groups excluding carboxylic acids is 1. The van der Waals surface area contributed by atoms with Gasteiger partial charge in [-0.1, -0.05) is 12.1 Å². The van der Waals surface area contributed by atoms with Gasteiger partial charge in [0.15, 0.2) is 6.54 Å². The molecule has 3 rings (SSSR count). The molecule has 6 heteroatoms. The number of benzene rings is 1. The summed E-state index contributed by atoms with van der Waals surface area (Å²) in [4.78, 5) is 15.2. The van der Waals surface area contributed by atoms with E-state index in [4.69, 9.17) is 9.47 Å². The fourth-order valence-corrected chi connectivity index (χ4v) is 4.11. The Labute approximate surface area is 158 Å². The summed E-state index contributed by atoms with van der Waals surface area (Å²) in [5.74, 6) is 0.682. The minimum atomic E-state index is -0.00143. The van der Waals surface area contributed by atoms with Crippen LogP contribution in [0.15, 0.2) is 35.7 Å². The number of ether oxygens (including phenoxy) is 2. The number of carbonyl (C=O) groups is 1. The lowest BCUT2D eigenvalue weighted by Gasteiger charge is -2.22. The molecule has 0 aliphatic carbocycles. The van der Waals surface area contributed by atoms with Gasteiger partial charge in [-0.15, -0.1) is 11.3 Å². The molecule has 140 valence electrons.